The molecule has 0 aliphatic heterocycles. The second-order valence-electron chi connectivity index (χ2n) is 4.32. The van der Waals surface area contributed by atoms with Gasteiger partial charge in [0.2, 0.25) is 0 Å². The third kappa shape index (κ3) is 12.4. The van der Waals surface area contributed by atoms with E-state index in [1.165, 1.54) is 32.6 Å². The summed E-state index contributed by atoms with van der Waals surface area (Å²) in [5.41, 5.74) is 0. The quantitative estimate of drug-likeness (QED) is 0.283. The minimum atomic E-state index is -1.35. The summed E-state index contributed by atoms with van der Waals surface area (Å²) >= 11 is 0. The third-order valence-electron chi connectivity index (χ3n) is 2.62. The van der Waals surface area contributed by atoms with Gasteiger partial charge < -0.3 is 14.6 Å². The van der Waals surface area contributed by atoms with Gasteiger partial charge >= 0.3 is 35.5 Å². The van der Waals surface area contributed by atoms with Crippen LogP contribution in [-0.2, 0) is 14.3 Å². The molecule has 0 amide bonds. The Bertz CT molecular complexity index is 231. The fraction of sp³-hybridized carbons (Fsp3) is 0.846. The first kappa shape index (κ1) is 20.3. The topological polar surface area (TPSA) is 66.4 Å². The Hall–Kier alpha value is -0.0600. The smallest absolute Gasteiger partial charge is 0.546 e. The third-order valence-corrected chi connectivity index (χ3v) is 2.62. The van der Waals surface area contributed by atoms with Gasteiger partial charge in [-0.1, -0.05) is 45.4 Å². The second kappa shape index (κ2) is 13.4. The van der Waals surface area contributed by atoms with Crippen molar-refractivity contribution in [3.63, 3.8) is 0 Å². The maximum Gasteiger partial charge on any atom is 1.00 e. The molecule has 0 saturated heterocycles. The molecule has 5 heteroatoms. The van der Waals surface area contributed by atoms with Crippen molar-refractivity contribution in [2.75, 3.05) is 0 Å². The molecule has 0 rings (SSSR count). The zero-order valence-electron chi connectivity index (χ0n) is 11.9. The zero-order valence-corrected chi connectivity index (χ0v) is 13.9. The van der Waals surface area contributed by atoms with Crippen LogP contribution >= 0.6 is 0 Å². The van der Waals surface area contributed by atoms with Crippen molar-refractivity contribution >= 4 is 11.9 Å². The average molecular weight is 266 g/mol. The van der Waals surface area contributed by atoms with Gasteiger partial charge in [0.1, 0.15) is 6.10 Å². The number of carbonyl (C=O) groups excluding carboxylic acids is 2. The van der Waals surface area contributed by atoms with Crippen molar-refractivity contribution in [3.8, 4) is 0 Å². The number of carboxylic acids is 1. The van der Waals surface area contributed by atoms with Crippen LogP contribution in [0.1, 0.15) is 65.2 Å². The Labute approximate surface area is 132 Å². The zero-order chi connectivity index (χ0) is 13.1. The normalized spacial score (nSPS) is 11.4. The van der Waals surface area contributed by atoms with E-state index in [2.05, 4.69) is 11.7 Å². The molecule has 100 valence electrons. The van der Waals surface area contributed by atoms with Gasteiger partial charge in [0.25, 0.3) is 0 Å². The van der Waals surface area contributed by atoms with E-state index in [0.717, 1.165) is 19.3 Å². The minimum Gasteiger partial charge on any atom is -0.546 e. The van der Waals surface area contributed by atoms with Crippen LogP contribution in [0.3, 0.4) is 0 Å². The van der Waals surface area contributed by atoms with Crippen LogP contribution in [0.2, 0.25) is 0 Å². The van der Waals surface area contributed by atoms with Crippen LogP contribution < -0.4 is 34.7 Å². The Morgan fingerprint density at radius 2 is 1.56 bits per heavy atom. The molecule has 0 aliphatic carbocycles. The Morgan fingerprint density at radius 3 is 2.06 bits per heavy atom. The van der Waals surface area contributed by atoms with E-state index in [1.54, 1.807) is 0 Å². The molecule has 4 nitrogen and oxygen atoms in total. The molecular weight excluding hydrogens is 243 g/mol. The molecule has 0 bridgehead atoms. The largest absolute Gasteiger partial charge is 1.00 e. The van der Waals surface area contributed by atoms with E-state index in [9.17, 15) is 14.7 Å². The van der Waals surface area contributed by atoms with Gasteiger partial charge in [0.15, 0.2) is 0 Å². The summed E-state index contributed by atoms with van der Waals surface area (Å²) in [5, 5.41) is 10.3. The van der Waals surface area contributed by atoms with E-state index < -0.39 is 18.0 Å². The van der Waals surface area contributed by atoms with Crippen LogP contribution in [-0.4, -0.2) is 18.0 Å². The van der Waals surface area contributed by atoms with E-state index in [1.807, 2.05) is 0 Å². The van der Waals surface area contributed by atoms with E-state index in [0.29, 0.717) is 6.42 Å². The van der Waals surface area contributed by atoms with E-state index in [-0.39, 0.29) is 29.6 Å². The monoisotopic (exact) mass is 266 g/mol. The molecule has 0 aromatic heterocycles. The first-order chi connectivity index (χ1) is 8.07. The van der Waals surface area contributed by atoms with Gasteiger partial charge in [0, 0.05) is 6.42 Å². The van der Waals surface area contributed by atoms with Gasteiger partial charge in [-0.25, -0.2) is 0 Å². The number of ether oxygens (including phenoxy) is 1. The maximum atomic E-state index is 11.2. The molecule has 0 spiro atoms. The predicted octanol–water partition coefficient (Wildman–Crippen LogP) is -1.19. The fourth-order valence-electron chi connectivity index (χ4n) is 1.53. The number of hydrogen-bond acceptors (Lipinski definition) is 4. The maximum absolute atomic E-state index is 11.2. The standard InChI is InChI=1S/C13H24O4.Na/c1-3-4-5-6-7-8-9-10-12(14)17-11(2)13(15)16;/h11H,3-10H2,1-2H3,(H,15,16);/q;+1/p-1. The van der Waals surface area contributed by atoms with Crippen LogP contribution in [0, 0.1) is 0 Å². The summed E-state index contributed by atoms with van der Waals surface area (Å²) in [4.78, 5) is 21.5. The average Bonchev–Trinajstić information content (AvgIpc) is 2.27. The summed E-state index contributed by atoms with van der Waals surface area (Å²) in [5.74, 6) is -1.80. The molecule has 0 aliphatic rings. The molecule has 0 saturated carbocycles. The number of carbonyl (C=O) groups is 2. The Morgan fingerprint density at radius 1 is 1.06 bits per heavy atom. The summed E-state index contributed by atoms with van der Waals surface area (Å²) in [6, 6.07) is 0. The van der Waals surface area contributed by atoms with Crippen molar-refractivity contribution in [1.82, 2.24) is 0 Å². The SMILES string of the molecule is CCCCCCCCCC(=O)OC(C)C(=O)[O-].[Na+]. The Kier molecular flexibility index (Phi) is 15.1. The molecule has 0 heterocycles. The summed E-state index contributed by atoms with van der Waals surface area (Å²) in [7, 11) is 0. The number of carboxylic acid groups (broad SMARTS) is 1. The fourth-order valence-corrected chi connectivity index (χ4v) is 1.53. The van der Waals surface area contributed by atoms with Gasteiger partial charge in [0.05, 0.1) is 5.97 Å². The van der Waals surface area contributed by atoms with Crippen LogP contribution in [0.5, 0.6) is 0 Å². The Balaban J connectivity index is 0. The van der Waals surface area contributed by atoms with Gasteiger partial charge in [-0.05, 0) is 13.3 Å². The van der Waals surface area contributed by atoms with Gasteiger partial charge in [-0.2, -0.15) is 0 Å². The van der Waals surface area contributed by atoms with Gasteiger partial charge in [-0.15, -0.1) is 0 Å². The van der Waals surface area contributed by atoms with Gasteiger partial charge in [-0.3, -0.25) is 4.79 Å². The van der Waals surface area contributed by atoms with E-state index in [4.69, 9.17) is 0 Å². The predicted molar refractivity (Wildman–Crippen MR) is 63.2 cm³/mol. The molecule has 1 atom stereocenters. The molecule has 0 aromatic carbocycles. The van der Waals surface area contributed by atoms with Crippen molar-refractivity contribution in [3.05, 3.63) is 0 Å². The van der Waals surface area contributed by atoms with Crippen LogP contribution in [0.15, 0.2) is 0 Å². The second-order valence-corrected chi connectivity index (χ2v) is 4.32. The number of unbranched alkanes of at least 4 members (excludes halogenated alkanes) is 6. The molecular formula is C13H23NaO4. The summed E-state index contributed by atoms with van der Waals surface area (Å²) in [6.07, 6.45) is 7.00. The molecule has 0 fully saturated rings. The van der Waals surface area contributed by atoms with E-state index >= 15 is 0 Å². The van der Waals surface area contributed by atoms with Crippen molar-refractivity contribution in [2.24, 2.45) is 0 Å². The minimum absolute atomic E-state index is 0. The number of aliphatic carboxylic acids is 1. The number of hydrogen-bond donors (Lipinski definition) is 0. The summed E-state index contributed by atoms with van der Waals surface area (Å²) in [6.45, 7) is 3.48. The molecule has 18 heavy (non-hydrogen) atoms. The number of esters is 1. The summed E-state index contributed by atoms with van der Waals surface area (Å²) < 4.78 is 4.66. The van der Waals surface area contributed by atoms with Crippen LogP contribution in [0.25, 0.3) is 0 Å². The van der Waals surface area contributed by atoms with Crippen LogP contribution in [0.4, 0.5) is 0 Å². The molecule has 0 N–H and O–H groups in total. The van der Waals surface area contributed by atoms with Crippen molar-refractivity contribution in [1.29, 1.82) is 0 Å². The molecule has 0 aromatic rings. The number of rotatable bonds is 10. The first-order valence-corrected chi connectivity index (χ1v) is 6.48. The first-order valence-electron chi connectivity index (χ1n) is 6.48. The van der Waals surface area contributed by atoms with Crippen molar-refractivity contribution < 1.29 is 49.0 Å². The molecule has 1 unspecified atom stereocenters. The van der Waals surface area contributed by atoms with Crippen molar-refractivity contribution in [2.45, 2.75) is 71.3 Å². The molecule has 0 radical (unpaired) electrons.